The van der Waals surface area contributed by atoms with Crippen LogP contribution in [0.3, 0.4) is 0 Å². The first-order valence-electron chi connectivity index (χ1n) is 13.8. The third-order valence-electron chi connectivity index (χ3n) is 7.37. The molecule has 200 valence electrons. The van der Waals surface area contributed by atoms with Gasteiger partial charge in [-0.1, -0.05) is 39.3 Å². The number of hydrogen-bond donors (Lipinski definition) is 0. The lowest BCUT2D eigenvalue weighted by molar-refractivity contribution is -0.191. The molecule has 3 fully saturated rings. The molecule has 7 heteroatoms. The highest BCUT2D eigenvalue weighted by Crippen LogP contribution is 2.44. The highest BCUT2D eigenvalue weighted by atomic mass is 16.8. The van der Waals surface area contributed by atoms with Gasteiger partial charge >= 0.3 is 0 Å². The molecule has 0 radical (unpaired) electrons. The second kappa shape index (κ2) is 10.0. The second-order valence-corrected chi connectivity index (χ2v) is 13.7. The van der Waals surface area contributed by atoms with E-state index in [2.05, 4.69) is 63.5 Å². The van der Waals surface area contributed by atoms with E-state index in [0.717, 1.165) is 43.9 Å². The van der Waals surface area contributed by atoms with E-state index >= 15 is 0 Å². The van der Waals surface area contributed by atoms with Gasteiger partial charge in [0.1, 0.15) is 18.3 Å². The Morgan fingerprint density at radius 2 is 1.69 bits per heavy atom. The first-order valence-corrected chi connectivity index (χ1v) is 13.8. The predicted molar refractivity (Wildman–Crippen MR) is 136 cm³/mol. The van der Waals surface area contributed by atoms with E-state index in [-0.39, 0.29) is 35.4 Å². The lowest BCUT2D eigenvalue weighted by Crippen LogP contribution is -2.33. The summed E-state index contributed by atoms with van der Waals surface area (Å²) in [7, 11) is 0. The van der Waals surface area contributed by atoms with E-state index in [1.54, 1.807) is 0 Å². The molecule has 2 saturated heterocycles. The van der Waals surface area contributed by atoms with Crippen molar-refractivity contribution in [2.75, 3.05) is 6.61 Å². The number of nitrogens with zero attached hydrogens (tertiary/aromatic N) is 3. The van der Waals surface area contributed by atoms with Gasteiger partial charge in [0, 0.05) is 0 Å². The topological polar surface area (TPSA) is 67.6 Å². The summed E-state index contributed by atoms with van der Waals surface area (Å²) in [6.45, 7) is 20.9. The monoisotopic (exact) mass is 491 g/mol. The first kappa shape index (κ1) is 27.0. The van der Waals surface area contributed by atoms with E-state index in [1.165, 1.54) is 18.5 Å². The third-order valence-corrected chi connectivity index (χ3v) is 7.37. The molecule has 0 aromatic carbocycles. The second-order valence-electron chi connectivity index (χ2n) is 13.7. The number of aryl methyl sites for hydroxylation is 1. The normalized spacial score (nSPS) is 32.3. The van der Waals surface area contributed by atoms with Crippen LogP contribution in [0.15, 0.2) is 0 Å². The summed E-state index contributed by atoms with van der Waals surface area (Å²) in [5, 5.41) is 9.19. The molecule has 0 amide bonds. The van der Waals surface area contributed by atoms with Crippen molar-refractivity contribution in [1.29, 1.82) is 0 Å². The van der Waals surface area contributed by atoms with Crippen molar-refractivity contribution in [1.82, 2.24) is 15.0 Å². The van der Waals surface area contributed by atoms with Gasteiger partial charge in [-0.15, -0.1) is 5.10 Å². The molecule has 0 spiro atoms. The maximum absolute atomic E-state index is 6.59. The lowest BCUT2D eigenvalue weighted by atomic mass is 9.87. The molecular formula is C28H49N3O4. The quantitative estimate of drug-likeness (QED) is 0.440. The Kier molecular flexibility index (Phi) is 7.75. The summed E-state index contributed by atoms with van der Waals surface area (Å²) < 4.78 is 27.4. The maximum atomic E-state index is 6.59. The summed E-state index contributed by atoms with van der Waals surface area (Å²) in [5.74, 6) is 0.852. The van der Waals surface area contributed by atoms with Gasteiger partial charge in [-0.25, -0.2) is 4.68 Å². The van der Waals surface area contributed by atoms with Gasteiger partial charge in [0.25, 0.3) is 0 Å². The molecule has 7 nitrogen and oxygen atoms in total. The van der Waals surface area contributed by atoms with Crippen LogP contribution in [0.4, 0.5) is 0 Å². The van der Waals surface area contributed by atoms with Crippen LogP contribution in [-0.4, -0.2) is 57.4 Å². The van der Waals surface area contributed by atoms with Crippen LogP contribution in [0.5, 0.6) is 0 Å². The maximum Gasteiger partial charge on any atom is 0.164 e. The molecule has 6 atom stereocenters. The Morgan fingerprint density at radius 3 is 2.31 bits per heavy atom. The zero-order valence-electron chi connectivity index (χ0n) is 23.6. The Labute approximate surface area is 212 Å². The first-order chi connectivity index (χ1) is 16.2. The van der Waals surface area contributed by atoms with Gasteiger partial charge in [0.05, 0.1) is 36.2 Å². The Morgan fingerprint density at radius 1 is 1.00 bits per heavy atom. The van der Waals surface area contributed by atoms with E-state index in [9.17, 15) is 0 Å². The SMILES string of the molecule is CCCc1nnn(CC2OC(CC(C)(C)C)C3OC(C)(C)OC23)c1CC[C@@H]1CC1COC(C)(C)C. The third kappa shape index (κ3) is 7.06. The summed E-state index contributed by atoms with van der Waals surface area (Å²) in [6, 6.07) is 0. The Hall–Kier alpha value is -1.02. The van der Waals surface area contributed by atoms with Crippen molar-refractivity contribution < 1.29 is 18.9 Å². The van der Waals surface area contributed by atoms with Crippen molar-refractivity contribution in [3.8, 4) is 0 Å². The van der Waals surface area contributed by atoms with E-state index in [0.29, 0.717) is 12.5 Å². The molecule has 2 aliphatic heterocycles. The minimum absolute atomic E-state index is 0.0314. The zero-order valence-corrected chi connectivity index (χ0v) is 23.6. The number of fused-ring (bicyclic) bond motifs is 1. The van der Waals surface area contributed by atoms with Crippen LogP contribution in [0.2, 0.25) is 0 Å². The predicted octanol–water partition coefficient (Wildman–Crippen LogP) is 5.34. The molecule has 3 aliphatic rings. The molecule has 5 unspecified atom stereocenters. The zero-order chi connectivity index (χ0) is 25.6. The largest absolute Gasteiger partial charge is 0.376 e. The van der Waals surface area contributed by atoms with Crippen molar-refractivity contribution in [3.05, 3.63) is 11.4 Å². The standard InChI is InChI=1S/C28H49N3O4/c1-10-11-20-21(13-12-18-14-19(18)17-32-27(5,6)7)31(30-29-20)16-23-25-24(34-28(8,9)35-25)22(33-23)15-26(2,3)4/h18-19,22-25H,10-17H2,1-9H3/t18-,19?,22?,23?,24?,25?/m1/s1. The molecule has 1 saturated carbocycles. The van der Waals surface area contributed by atoms with Gasteiger partial charge in [-0.05, 0) is 84.0 Å². The van der Waals surface area contributed by atoms with Gasteiger partial charge in [-0.2, -0.15) is 0 Å². The summed E-state index contributed by atoms with van der Waals surface area (Å²) in [5.41, 5.74) is 2.51. The fraction of sp³-hybridized carbons (Fsp3) is 0.929. The Bertz CT molecular complexity index is 853. The van der Waals surface area contributed by atoms with Crippen molar-refractivity contribution in [2.45, 2.75) is 143 Å². The smallest absolute Gasteiger partial charge is 0.164 e. The summed E-state index contributed by atoms with van der Waals surface area (Å²) >= 11 is 0. The number of hydrogen-bond acceptors (Lipinski definition) is 6. The van der Waals surface area contributed by atoms with E-state index < -0.39 is 5.79 Å². The number of ether oxygens (including phenoxy) is 4. The summed E-state index contributed by atoms with van der Waals surface area (Å²) in [6.07, 6.45) is 6.25. The van der Waals surface area contributed by atoms with Crippen molar-refractivity contribution in [3.63, 3.8) is 0 Å². The molecular weight excluding hydrogens is 442 g/mol. The van der Waals surface area contributed by atoms with Crippen LogP contribution < -0.4 is 0 Å². The number of aromatic nitrogens is 3. The molecule has 1 aromatic rings. The van der Waals surface area contributed by atoms with Crippen LogP contribution in [0, 0.1) is 17.3 Å². The molecule has 3 heterocycles. The van der Waals surface area contributed by atoms with Crippen LogP contribution in [-0.2, 0) is 38.3 Å². The number of rotatable bonds is 10. The lowest BCUT2D eigenvalue weighted by Gasteiger charge is -2.28. The fourth-order valence-electron chi connectivity index (χ4n) is 5.62. The van der Waals surface area contributed by atoms with Crippen LogP contribution in [0.1, 0.15) is 99.4 Å². The Balaban J connectivity index is 1.42. The van der Waals surface area contributed by atoms with E-state index in [4.69, 9.17) is 18.9 Å². The van der Waals surface area contributed by atoms with Gasteiger partial charge in [0.15, 0.2) is 5.79 Å². The van der Waals surface area contributed by atoms with Crippen LogP contribution >= 0.6 is 0 Å². The fourth-order valence-corrected chi connectivity index (χ4v) is 5.62. The highest BCUT2D eigenvalue weighted by Gasteiger charge is 2.55. The minimum Gasteiger partial charge on any atom is -0.376 e. The van der Waals surface area contributed by atoms with E-state index in [1.807, 2.05) is 13.8 Å². The van der Waals surface area contributed by atoms with Gasteiger partial charge in [0.2, 0.25) is 0 Å². The molecule has 4 rings (SSSR count). The van der Waals surface area contributed by atoms with Gasteiger partial charge in [-0.3, -0.25) is 0 Å². The van der Waals surface area contributed by atoms with Gasteiger partial charge < -0.3 is 18.9 Å². The molecule has 1 aromatic heterocycles. The molecule has 35 heavy (non-hydrogen) atoms. The molecule has 0 N–H and O–H groups in total. The molecule has 0 bridgehead atoms. The average Bonchev–Trinajstić information content (AvgIpc) is 3.12. The van der Waals surface area contributed by atoms with Crippen molar-refractivity contribution in [2.24, 2.45) is 17.3 Å². The highest BCUT2D eigenvalue weighted by molar-refractivity contribution is 5.12. The summed E-state index contributed by atoms with van der Waals surface area (Å²) in [4.78, 5) is 0. The average molecular weight is 492 g/mol. The molecule has 1 aliphatic carbocycles. The van der Waals surface area contributed by atoms with Crippen LogP contribution in [0.25, 0.3) is 0 Å². The van der Waals surface area contributed by atoms with Crippen molar-refractivity contribution >= 4 is 0 Å². The minimum atomic E-state index is -0.581.